The largest absolute Gasteiger partial charge is 0.477 e. The highest BCUT2D eigenvalue weighted by atomic mass is 32.1. The Balaban J connectivity index is 1.48. The monoisotopic (exact) mass is 522 g/mol. The zero-order valence-electron chi connectivity index (χ0n) is 19.5. The first-order valence-electron chi connectivity index (χ1n) is 10.7. The Labute approximate surface area is 207 Å². The fourth-order valence-corrected chi connectivity index (χ4v) is 4.06. The van der Waals surface area contributed by atoms with Gasteiger partial charge in [-0.15, -0.1) is 11.3 Å². The third kappa shape index (κ3) is 8.79. The Morgan fingerprint density at radius 1 is 1.37 bits per heavy atom. The van der Waals surface area contributed by atoms with Crippen LogP contribution in [0.2, 0.25) is 0 Å². The summed E-state index contributed by atoms with van der Waals surface area (Å²) in [6.07, 6.45) is 8.28. The van der Waals surface area contributed by atoms with Crippen molar-refractivity contribution in [3.63, 3.8) is 0 Å². The molecule has 188 valence electrons. The smallest absolute Gasteiger partial charge is 0.476 e. The van der Waals surface area contributed by atoms with E-state index in [2.05, 4.69) is 19.6 Å². The standard InChI is InChI=1S/C22H28N5O6PS/c1-16-21(35-15-26-16)7-9-31-22-6-5-17(13-25-22)10-19-11-20(33-27-19)18(12-23)4-3-8-24-14-32-34(28,29)30-2/h3-6,8,11,13,15,24H,7,9-10,12,14,23H2,1-2H3,(H,28,29)/p+1/b8-3-,18-4+. The Morgan fingerprint density at radius 3 is 2.91 bits per heavy atom. The first-order chi connectivity index (χ1) is 16.9. The number of quaternary nitrogens is 1. The van der Waals surface area contributed by atoms with Crippen LogP contribution in [0.3, 0.4) is 0 Å². The molecule has 0 bridgehead atoms. The molecule has 5 N–H and O–H groups in total. The molecule has 0 aliphatic carbocycles. The van der Waals surface area contributed by atoms with Crippen LogP contribution in [-0.2, 0) is 26.5 Å². The second-order valence-corrected chi connectivity index (χ2v) is 9.79. The molecule has 3 aromatic rings. The SMILES string of the molecule is COP(=O)(O)OC[NH2+]/C=C\C=C(/CN)c1cc(Cc2ccc(OCCc3scnc3C)nc2)no1. The molecule has 3 heterocycles. The Bertz CT molecular complexity index is 1180. The maximum atomic E-state index is 11.2. The van der Waals surface area contributed by atoms with Gasteiger partial charge in [0, 0.05) is 55.3 Å². The molecule has 11 nitrogen and oxygen atoms in total. The molecule has 13 heteroatoms. The minimum Gasteiger partial charge on any atom is -0.477 e. The number of pyridine rings is 1. The van der Waals surface area contributed by atoms with Gasteiger partial charge in [0.15, 0.2) is 12.5 Å². The van der Waals surface area contributed by atoms with Crippen LogP contribution >= 0.6 is 19.2 Å². The Morgan fingerprint density at radius 2 is 2.23 bits per heavy atom. The van der Waals surface area contributed by atoms with Crippen molar-refractivity contribution in [1.82, 2.24) is 15.1 Å². The highest BCUT2D eigenvalue weighted by molar-refractivity contribution is 7.47. The molecule has 3 aromatic heterocycles. The van der Waals surface area contributed by atoms with Gasteiger partial charge < -0.3 is 19.9 Å². The fraction of sp³-hybridized carbons (Fsp3) is 0.318. The second-order valence-electron chi connectivity index (χ2n) is 7.29. The van der Waals surface area contributed by atoms with Gasteiger partial charge in [-0.25, -0.2) is 19.1 Å². The molecule has 3 rings (SSSR count). The van der Waals surface area contributed by atoms with Crippen LogP contribution in [0.25, 0.3) is 5.57 Å². The minimum absolute atomic E-state index is 0.0694. The zero-order chi connectivity index (χ0) is 25.1. The number of nitrogens with two attached hydrogens (primary N) is 2. The van der Waals surface area contributed by atoms with Crippen molar-refractivity contribution in [2.24, 2.45) is 5.73 Å². The molecule has 0 amide bonds. The molecular formula is C22H29N5O6PS+. The van der Waals surface area contributed by atoms with Crippen molar-refractivity contribution in [2.75, 3.05) is 27.0 Å². The number of allylic oxidation sites excluding steroid dienone is 2. The normalized spacial score (nSPS) is 13.9. The lowest BCUT2D eigenvalue weighted by atomic mass is 10.1. The fourth-order valence-electron chi connectivity index (χ4n) is 2.92. The molecule has 0 saturated heterocycles. The van der Waals surface area contributed by atoms with Gasteiger partial charge in [0.05, 0.1) is 29.7 Å². The first-order valence-corrected chi connectivity index (χ1v) is 13.1. The summed E-state index contributed by atoms with van der Waals surface area (Å²) in [4.78, 5) is 19.0. The van der Waals surface area contributed by atoms with Gasteiger partial charge >= 0.3 is 7.82 Å². The molecule has 0 aliphatic heterocycles. The van der Waals surface area contributed by atoms with E-state index in [0.29, 0.717) is 24.7 Å². The summed E-state index contributed by atoms with van der Waals surface area (Å²) >= 11 is 1.63. The van der Waals surface area contributed by atoms with Gasteiger partial charge in [-0.3, -0.25) is 9.84 Å². The summed E-state index contributed by atoms with van der Waals surface area (Å²) in [7, 11) is -2.87. The van der Waals surface area contributed by atoms with E-state index in [1.54, 1.807) is 41.2 Å². The van der Waals surface area contributed by atoms with Crippen molar-refractivity contribution >= 4 is 24.7 Å². The molecule has 0 saturated carbocycles. The van der Waals surface area contributed by atoms with Crippen LogP contribution in [0, 0.1) is 6.92 Å². The van der Waals surface area contributed by atoms with Crippen LogP contribution in [0.5, 0.6) is 5.88 Å². The minimum atomic E-state index is -3.98. The quantitative estimate of drug-likeness (QED) is 0.124. The van der Waals surface area contributed by atoms with Gasteiger partial charge in [0.2, 0.25) is 5.88 Å². The number of phosphoric ester groups is 1. The molecule has 0 radical (unpaired) electrons. The summed E-state index contributed by atoms with van der Waals surface area (Å²) in [6.45, 7) is 2.72. The topological polar surface area (TPSA) is 159 Å². The number of aryl methyl sites for hydroxylation is 1. The molecule has 35 heavy (non-hydrogen) atoms. The van der Waals surface area contributed by atoms with E-state index >= 15 is 0 Å². The summed E-state index contributed by atoms with van der Waals surface area (Å²) in [5.41, 5.74) is 11.2. The highest BCUT2D eigenvalue weighted by Gasteiger charge is 2.18. The first kappa shape index (κ1) is 26.9. The van der Waals surface area contributed by atoms with Crippen LogP contribution in [-0.4, -0.2) is 47.0 Å². The molecular weight excluding hydrogens is 493 g/mol. The van der Waals surface area contributed by atoms with E-state index < -0.39 is 7.82 Å². The molecule has 1 atom stereocenters. The van der Waals surface area contributed by atoms with Crippen molar-refractivity contribution in [1.29, 1.82) is 0 Å². The maximum Gasteiger partial charge on any atom is 0.476 e. The number of aromatic nitrogens is 3. The molecule has 0 aliphatic rings. The van der Waals surface area contributed by atoms with Crippen molar-refractivity contribution in [3.05, 3.63) is 75.8 Å². The lowest BCUT2D eigenvalue weighted by molar-refractivity contribution is -0.617. The van der Waals surface area contributed by atoms with E-state index in [1.807, 2.05) is 30.6 Å². The van der Waals surface area contributed by atoms with Crippen LogP contribution in [0.4, 0.5) is 0 Å². The Hall–Kier alpha value is -2.70. The average Bonchev–Trinajstić information content (AvgIpc) is 3.48. The molecule has 0 aromatic carbocycles. The third-order valence-corrected chi connectivity index (χ3v) is 6.74. The third-order valence-electron chi connectivity index (χ3n) is 4.81. The van der Waals surface area contributed by atoms with Crippen molar-refractivity contribution in [3.8, 4) is 5.88 Å². The van der Waals surface area contributed by atoms with Crippen molar-refractivity contribution in [2.45, 2.75) is 19.8 Å². The van der Waals surface area contributed by atoms with E-state index in [9.17, 15) is 4.57 Å². The van der Waals surface area contributed by atoms with Crippen LogP contribution in [0.1, 0.15) is 27.6 Å². The van der Waals surface area contributed by atoms with Gasteiger partial charge in [0.25, 0.3) is 0 Å². The predicted octanol–water partition coefficient (Wildman–Crippen LogP) is 2.19. The van der Waals surface area contributed by atoms with Crippen molar-refractivity contribution < 1.29 is 33.1 Å². The Kier molecular flexibility index (Phi) is 10.3. The maximum absolute atomic E-state index is 11.2. The summed E-state index contributed by atoms with van der Waals surface area (Å²) in [6, 6.07) is 5.62. The highest BCUT2D eigenvalue weighted by Crippen LogP contribution is 2.40. The lowest BCUT2D eigenvalue weighted by Crippen LogP contribution is -2.78. The van der Waals surface area contributed by atoms with Crippen LogP contribution in [0.15, 0.2) is 52.8 Å². The van der Waals surface area contributed by atoms with Gasteiger partial charge in [-0.1, -0.05) is 11.2 Å². The predicted molar refractivity (Wildman–Crippen MR) is 130 cm³/mol. The summed E-state index contributed by atoms with van der Waals surface area (Å²) in [5, 5.41) is 5.69. The number of ether oxygens (including phenoxy) is 1. The number of phosphoric acid groups is 1. The summed E-state index contributed by atoms with van der Waals surface area (Å²) < 4.78 is 31.4. The molecule has 0 fully saturated rings. The number of hydrogen-bond donors (Lipinski definition) is 3. The van der Waals surface area contributed by atoms with Gasteiger partial charge in [-0.2, -0.15) is 0 Å². The van der Waals surface area contributed by atoms with Gasteiger partial charge in [-0.05, 0) is 24.6 Å². The summed E-state index contributed by atoms with van der Waals surface area (Å²) in [5.74, 6) is 1.14. The molecule has 0 spiro atoms. The van der Waals surface area contributed by atoms with E-state index in [1.165, 1.54) is 4.88 Å². The molecule has 1 unspecified atom stereocenters. The number of hydrogen-bond acceptors (Lipinski definition) is 10. The number of thiazole rings is 1. The van der Waals surface area contributed by atoms with Gasteiger partial charge in [0.1, 0.15) is 0 Å². The average molecular weight is 523 g/mol. The van der Waals surface area contributed by atoms with E-state index in [4.69, 9.17) is 24.4 Å². The van der Waals surface area contributed by atoms with Crippen LogP contribution < -0.4 is 15.8 Å². The zero-order valence-corrected chi connectivity index (χ0v) is 21.2. The lowest BCUT2D eigenvalue weighted by Gasteiger charge is -2.05. The van der Waals surface area contributed by atoms with E-state index in [-0.39, 0.29) is 13.3 Å². The number of rotatable bonds is 14. The number of nitrogens with zero attached hydrogens (tertiary/aromatic N) is 3. The second kappa shape index (κ2) is 13.4. The van der Waals surface area contributed by atoms with E-state index in [0.717, 1.165) is 36.1 Å².